The number of rotatable bonds is 6. The third kappa shape index (κ3) is 7.88. The number of nitrogens with one attached hydrogen (secondary N) is 2. The number of carbonyl (C=O) groups is 2. The molecule has 0 aliphatic rings. The van der Waals surface area contributed by atoms with Gasteiger partial charge in [0, 0.05) is 23.0 Å². The number of halogens is 2. The summed E-state index contributed by atoms with van der Waals surface area (Å²) in [5.74, 6) is -0.112. The minimum absolute atomic E-state index is 0.112. The van der Waals surface area contributed by atoms with Gasteiger partial charge < -0.3 is 15.4 Å². The Labute approximate surface area is 153 Å². The zero-order valence-corrected chi connectivity index (χ0v) is 15.9. The maximum Gasteiger partial charge on any atom is 0.407 e. The molecule has 0 radical (unpaired) electrons. The molecule has 24 heavy (non-hydrogen) atoms. The molecule has 1 aromatic carbocycles. The van der Waals surface area contributed by atoms with Crippen molar-refractivity contribution in [3.8, 4) is 0 Å². The molecule has 0 spiro atoms. The van der Waals surface area contributed by atoms with Crippen LogP contribution in [0, 0.1) is 0 Å². The number of hydrogen-bond acceptors (Lipinski definition) is 3. The summed E-state index contributed by atoms with van der Waals surface area (Å²) in [5, 5.41) is 6.56. The van der Waals surface area contributed by atoms with Gasteiger partial charge in [0.25, 0.3) is 0 Å². The molecule has 1 unspecified atom stereocenters. The maximum absolute atomic E-state index is 12.0. The van der Waals surface area contributed by atoms with Crippen molar-refractivity contribution >= 4 is 35.2 Å². The largest absolute Gasteiger partial charge is 0.444 e. The molecule has 5 nitrogen and oxygen atoms in total. The van der Waals surface area contributed by atoms with Gasteiger partial charge in [-0.1, -0.05) is 29.3 Å². The highest BCUT2D eigenvalue weighted by Gasteiger charge is 2.16. The SMILES string of the molecule is CC(NC(=O)CCCNC(=O)OC(C)(C)C)c1ccc(Cl)cc1Cl. The summed E-state index contributed by atoms with van der Waals surface area (Å²) < 4.78 is 5.11. The second-order valence-electron chi connectivity index (χ2n) is 6.49. The van der Waals surface area contributed by atoms with E-state index in [1.807, 2.05) is 6.92 Å². The summed E-state index contributed by atoms with van der Waals surface area (Å²) >= 11 is 12.0. The van der Waals surface area contributed by atoms with Gasteiger partial charge in [-0.2, -0.15) is 0 Å². The molecule has 0 saturated carbocycles. The van der Waals surface area contributed by atoms with Crippen molar-refractivity contribution in [2.75, 3.05) is 6.54 Å². The van der Waals surface area contributed by atoms with Gasteiger partial charge in [0.1, 0.15) is 5.60 Å². The standard InChI is InChI=1S/C17H24Cl2N2O3/c1-11(13-8-7-12(18)10-14(13)19)21-15(22)6-5-9-20-16(23)24-17(2,3)4/h7-8,10-11H,5-6,9H2,1-4H3,(H,20,23)(H,21,22). The van der Waals surface area contributed by atoms with Crippen LogP contribution in [0.2, 0.25) is 10.0 Å². The highest BCUT2D eigenvalue weighted by molar-refractivity contribution is 6.35. The Morgan fingerprint density at radius 2 is 1.92 bits per heavy atom. The summed E-state index contributed by atoms with van der Waals surface area (Å²) in [7, 11) is 0. The molecule has 0 fully saturated rings. The van der Waals surface area contributed by atoms with Crippen molar-refractivity contribution in [2.24, 2.45) is 0 Å². The summed E-state index contributed by atoms with van der Waals surface area (Å²) in [5.41, 5.74) is 0.274. The Morgan fingerprint density at radius 1 is 1.25 bits per heavy atom. The molecule has 0 saturated heterocycles. The van der Waals surface area contributed by atoms with Crippen LogP contribution >= 0.6 is 23.2 Å². The van der Waals surface area contributed by atoms with E-state index in [0.29, 0.717) is 29.4 Å². The van der Waals surface area contributed by atoms with E-state index < -0.39 is 11.7 Å². The molecule has 1 atom stereocenters. The van der Waals surface area contributed by atoms with Gasteiger partial charge in [-0.25, -0.2) is 4.79 Å². The molecule has 0 aromatic heterocycles. The Kier molecular flexibility index (Phi) is 7.84. The molecule has 0 heterocycles. The molecule has 0 aliphatic heterocycles. The van der Waals surface area contributed by atoms with E-state index in [0.717, 1.165) is 5.56 Å². The molecule has 2 N–H and O–H groups in total. The molecule has 7 heteroatoms. The molecular formula is C17H24Cl2N2O3. The van der Waals surface area contributed by atoms with Crippen LogP contribution in [0.3, 0.4) is 0 Å². The van der Waals surface area contributed by atoms with Gasteiger partial charge in [0.05, 0.1) is 6.04 Å². The van der Waals surface area contributed by atoms with Gasteiger partial charge in [0.2, 0.25) is 5.91 Å². The number of hydrogen-bond donors (Lipinski definition) is 2. The van der Waals surface area contributed by atoms with Crippen molar-refractivity contribution in [1.29, 1.82) is 0 Å². The first-order valence-electron chi connectivity index (χ1n) is 7.79. The van der Waals surface area contributed by atoms with Crippen LogP contribution in [0.1, 0.15) is 52.1 Å². The number of alkyl carbamates (subject to hydrolysis) is 1. The first kappa shape index (κ1) is 20.6. The number of ether oxygens (including phenoxy) is 1. The Bertz CT molecular complexity index is 586. The Balaban J connectivity index is 2.32. The van der Waals surface area contributed by atoms with Gasteiger partial charge in [-0.3, -0.25) is 4.79 Å². The predicted molar refractivity (Wildman–Crippen MR) is 96.5 cm³/mol. The lowest BCUT2D eigenvalue weighted by Crippen LogP contribution is -2.33. The van der Waals surface area contributed by atoms with E-state index in [1.54, 1.807) is 39.0 Å². The monoisotopic (exact) mass is 374 g/mol. The first-order valence-corrected chi connectivity index (χ1v) is 8.55. The summed E-state index contributed by atoms with van der Waals surface area (Å²) in [4.78, 5) is 23.4. The van der Waals surface area contributed by atoms with Crippen molar-refractivity contribution in [3.05, 3.63) is 33.8 Å². The second-order valence-corrected chi connectivity index (χ2v) is 7.33. The number of amides is 2. The highest BCUT2D eigenvalue weighted by Crippen LogP contribution is 2.26. The van der Waals surface area contributed by atoms with E-state index in [-0.39, 0.29) is 11.9 Å². The van der Waals surface area contributed by atoms with Crippen LogP contribution in [0.5, 0.6) is 0 Å². The fraction of sp³-hybridized carbons (Fsp3) is 0.529. The molecule has 2 amide bonds. The van der Waals surface area contributed by atoms with E-state index in [9.17, 15) is 9.59 Å². The van der Waals surface area contributed by atoms with Gasteiger partial charge >= 0.3 is 6.09 Å². The van der Waals surface area contributed by atoms with E-state index in [4.69, 9.17) is 27.9 Å². The van der Waals surface area contributed by atoms with Crippen molar-refractivity contribution in [1.82, 2.24) is 10.6 Å². The lowest BCUT2D eigenvalue weighted by molar-refractivity contribution is -0.121. The Morgan fingerprint density at radius 3 is 2.50 bits per heavy atom. The van der Waals surface area contributed by atoms with Crippen LogP contribution in [-0.4, -0.2) is 24.1 Å². The molecule has 0 bridgehead atoms. The van der Waals surface area contributed by atoms with Gasteiger partial charge in [0.15, 0.2) is 0 Å². The van der Waals surface area contributed by atoms with Crippen LogP contribution in [0.4, 0.5) is 4.79 Å². The minimum atomic E-state index is -0.533. The van der Waals surface area contributed by atoms with Crippen LogP contribution in [-0.2, 0) is 9.53 Å². The minimum Gasteiger partial charge on any atom is -0.444 e. The van der Waals surface area contributed by atoms with Crippen molar-refractivity contribution < 1.29 is 14.3 Å². The normalized spacial score (nSPS) is 12.4. The predicted octanol–water partition coefficient (Wildman–Crippen LogP) is 4.48. The molecule has 134 valence electrons. The highest BCUT2D eigenvalue weighted by atomic mass is 35.5. The topological polar surface area (TPSA) is 67.4 Å². The molecule has 1 rings (SSSR count). The van der Waals surface area contributed by atoms with Crippen LogP contribution < -0.4 is 10.6 Å². The Hall–Kier alpha value is -1.46. The fourth-order valence-electron chi connectivity index (χ4n) is 2.00. The average Bonchev–Trinajstić information content (AvgIpc) is 2.41. The first-order chi connectivity index (χ1) is 11.1. The third-order valence-corrected chi connectivity index (χ3v) is 3.62. The third-order valence-electron chi connectivity index (χ3n) is 3.06. The summed E-state index contributed by atoms with van der Waals surface area (Å²) in [6.07, 6.45) is 0.335. The lowest BCUT2D eigenvalue weighted by Gasteiger charge is -2.19. The zero-order valence-electron chi connectivity index (χ0n) is 14.4. The van der Waals surface area contributed by atoms with Crippen molar-refractivity contribution in [2.45, 2.75) is 52.2 Å². The maximum atomic E-state index is 12.0. The summed E-state index contributed by atoms with van der Waals surface area (Å²) in [6, 6.07) is 4.95. The smallest absolute Gasteiger partial charge is 0.407 e. The second kappa shape index (κ2) is 9.14. The van der Waals surface area contributed by atoms with Crippen molar-refractivity contribution in [3.63, 3.8) is 0 Å². The van der Waals surface area contributed by atoms with Gasteiger partial charge in [-0.05, 0) is 51.8 Å². The van der Waals surface area contributed by atoms with E-state index >= 15 is 0 Å². The lowest BCUT2D eigenvalue weighted by atomic mass is 10.1. The number of carbonyl (C=O) groups excluding carboxylic acids is 2. The summed E-state index contributed by atoms with van der Waals surface area (Å²) in [6.45, 7) is 7.61. The average molecular weight is 375 g/mol. The molecular weight excluding hydrogens is 351 g/mol. The fourth-order valence-corrected chi connectivity index (χ4v) is 2.57. The molecule has 0 aliphatic carbocycles. The van der Waals surface area contributed by atoms with Gasteiger partial charge in [-0.15, -0.1) is 0 Å². The van der Waals surface area contributed by atoms with E-state index in [2.05, 4.69) is 10.6 Å². The quantitative estimate of drug-likeness (QED) is 0.721. The van der Waals surface area contributed by atoms with E-state index in [1.165, 1.54) is 0 Å². The van der Waals surface area contributed by atoms with Crippen LogP contribution in [0.25, 0.3) is 0 Å². The zero-order chi connectivity index (χ0) is 18.3. The van der Waals surface area contributed by atoms with Crippen LogP contribution in [0.15, 0.2) is 18.2 Å². The number of benzene rings is 1. The molecule has 1 aromatic rings.